The third kappa shape index (κ3) is 3.34. The van der Waals surface area contributed by atoms with E-state index in [2.05, 4.69) is 26.4 Å². The van der Waals surface area contributed by atoms with E-state index in [9.17, 15) is 4.79 Å². The highest BCUT2D eigenvalue weighted by Gasteiger charge is 2.22. The van der Waals surface area contributed by atoms with Crippen LogP contribution < -0.4 is 10.2 Å². The summed E-state index contributed by atoms with van der Waals surface area (Å²) in [6.45, 7) is 0.742. The van der Waals surface area contributed by atoms with Gasteiger partial charge in [-0.2, -0.15) is 5.10 Å². The van der Waals surface area contributed by atoms with E-state index in [4.69, 9.17) is 11.6 Å². The summed E-state index contributed by atoms with van der Waals surface area (Å²) in [6.07, 6.45) is 7.09. The number of carbonyl (C=O) groups excluding carboxylic acids is 1. The van der Waals surface area contributed by atoms with Crippen molar-refractivity contribution >= 4 is 45.6 Å². The van der Waals surface area contributed by atoms with E-state index in [1.165, 1.54) is 0 Å². The number of aromatic nitrogens is 4. The summed E-state index contributed by atoms with van der Waals surface area (Å²) in [5.41, 5.74) is 4.56. The third-order valence-corrected chi connectivity index (χ3v) is 5.43. The number of amides is 1. The summed E-state index contributed by atoms with van der Waals surface area (Å²) in [4.78, 5) is 21.6. The van der Waals surface area contributed by atoms with Crippen molar-refractivity contribution in [1.82, 2.24) is 19.7 Å². The molecule has 0 bridgehead atoms. The second-order valence-corrected chi connectivity index (χ2v) is 7.59. The van der Waals surface area contributed by atoms with Gasteiger partial charge in [-0.3, -0.25) is 9.48 Å². The van der Waals surface area contributed by atoms with E-state index in [0.29, 0.717) is 17.3 Å². The van der Waals surface area contributed by atoms with Crippen LogP contribution in [-0.4, -0.2) is 32.2 Å². The minimum atomic E-state index is 0.144. The number of hydrogen-bond donors (Lipinski definition) is 2. The Morgan fingerprint density at radius 1 is 1.21 bits per heavy atom. The molecule has 1 aliphatic rings. The van der Waals surface area contributed by atoms with Crippen molar-refractivity contribution in [2.45, 2.75) is 12.8 Å². The Hall–Kier alpha value is -3.32. The summed E-state index contributed by atoms with van der Waals surface area (Å²) in [7, 11) is 1.89. The molecule has 1 fully saturated rings. The van der Waals surface area contributed by atoms with Crippen molar-refractivity contribution in [1.29, 1.82) is 0 Å². The van der Waals surface area contributed by atoms with Gasteiger partial charge in [-0.1, -0.05) is 11.6 Å². The normalized spacial score (nSPS) is 14.1. The molecule has 146 valence electrons. The minimum Gasteiger partial charge on any atom is -0.354 e. The zero-order chi connectivity index (χ0) is 20.0. The quantitative estimate of drug-likeness (QED) is 0.523. The molecule has 0 atom stereocenters. The van der Waals surface area contributed by atoms with Gasteiger partial charge in [0.25, 0.3) is 0 Å². The zero-order valence-electron chi connectivity index (χ0n) is 15.8. The lowest BCUT2D eigenvalue weighted by molar-refractivity contribution is -0.117. The molecule has 29 heavy (non-hydrogen) atoms. The van der Waals surface area contributed by atoms with Gasteiger partial charge in [0, 0.05) is 60.8 Å². The molecule has 0 aliphatic carbocycles. The molecule has 5 rings (SSSR count). The molecule has 0 unspecified atom stereocenters. The number of hydrogen-bond acceptors (Lipinski definition) is 4. The smallest absolute Gasteiger partial charge is 0.227 e. The number of benzene rings is 1. The molecule has 8 heteroatoms. The van der Waals surface area contributed by atoms with Crippen LogP contribution >= 0.6 is 11.6 Å². The van der Waals surface area contributed by atoms with E-state index in [0.717, 1.165) is 46.5 Å². The molecular formula is C21H19ClN6O. The van der Waals surface area contributed by atoms with Crippen molar-refractivity contribution in [3.05, 3.63) is 53.9 Å². The number of nitrogens with one attached hydrogen (secondary N) is 2. The van der Waals surface area contributed by atoms with E-state index in [-0.39, 0.29) is 5.91 Å². The number of aryl methyl sites for hydroxylation is 1. The highest BCUT2D eigenvalue weighted by atomic mass is 35.5. The molecule has 3 aromatic heterocycles. The van der Waals surface area contributed by atoms with Crippen LogP contribution in [0.3, 0.4) is 0 Å². The van der Waals surface area contributed by atoms with E-state index >= 15 is 0 Å². The van der Waals surface area contributed by atoms with Gasteiger partial charge in [0.2, 0.25) is 5.91 Å². The van der Waals surface area contributed by atoms with Crippen LogP contribution in [0.25, 0.3) is 22.2 Å². The van der Waals surface area contributed by atoms with E-state index in [1.807, 2.05) is 49.9 Å². The molecule has 0 saturated carbocycles. The Morgan fingerprint density at radius 3 is 2.83 bits per heavy atom. The van der Waals surface area contributed by atoms with Crippen molar-refractivity contribution in [2.24, 2.45) is 7.05 Å². The van der Waals surface area contributed by atoms with Crippen molar-refractivity contribution in [3.63, 3.8) is 0 Å². The van der Waals surface area contributed by atoms with Crippen molar-refractivity contribution in [2.75, 3.05) is 16.8 Å². The zero-order valence-corrected chi connectivity index (χ0v) is 16.6. The van der Waals surface area contributed by atoms with Gasteiger partial charge in [-0.05, 0) is 30.7 Å². The second kappa shape index (κ2) is 6.93. The fourth-order valence-corrected chi connectivity index (χ4v) is 3.86. The van der Waals surface area contributed by atoms with Crippen LogP contribution in [0, 0.1) is 0 Å². The second-order valence-electron chi connectivity index (χ2n) is 7.18. The number of carbonyl (C=O) groups is 1. The first-order chi connectivity index (χ1) is 14.1. The summed E-state index contributed by atoms with van der Waals surface area (Å²) in [5, 5.41) is 9.04. The standard InChI is InChI=1S/C21H19ClN6O/c1-27-12-14(11-24-27)18-7-13-10-23-20(9-19(13)25-18)26-17-5-4-15(8-16(17)22)28-6-2-3-21(28)29/h4-5,7-12,25H,2-3,6H2,1H3,(H,23,26). The Bertz CT molecular complexity index is 1230. The molecule has 0 spiro atoms. The molecule has 2 N–H and O–H groups in total. The molecule has 0 radical (unpaired) electrons. The Labute approximate surface area is 172 Å². The van der Waals surface area contributed by atoms with Crippen LogP contribution in [0.2, 0.25) is 5.02 Å². The lowest BCUT2D eigenvalue weighted by atomic mass is 10.2. The molecular weight excluding hydrogens is 388 g/mol. The molecule has 1 aromatic carbocycles. The van der Waals surface area contributed by atoms with Gasteiger partial charge < -0.3 is 15.2 Å². The largest absolute Gasteiger partial charge is 0.354 e. The lowest BCUT2D eigenvalue weighted by Gasteiger charge is -2.17. The molecule has 4 heterocycles. The fraction of sp³-hybridized carbons (Fsp3) is 0.190. The van der Waals surface area contributed by atoms with Crippen LogP contribution in [0.15, 0.2) is 48.9 Å². The Morgan fingerprint density at radius 2 is 2.10 bits per heavy atom. The van der Waals surface area contributed by atoms with E-state index in [1.54, 1.807) is 9.58 Å². The molecule has 4 aromatic rings. The van der Waals surface area contributed by atoms with Crippen molar-refractivity contribution < 1.29 is 4.79 Å². The predicted octanol–water partition coefficient (Wildman–Crippen LogP) is 4.49. The maximum Gasteiger partial charge on any atom is 0.227 e. The highest BCUT2D eigenvalue weighted by molar-refractivity contribution is 6.33. The van der Waals surface area contributed by atoms with Gasteiger partial charge in [0.05, 0.1) is 22.4 Å². The first kappa shape index (κ1) is 17.8. The average Bonchev–Trinajstić information content (AvgIpc) is 3.42. The van der Waals surface area contributed by atoms with Crippen molar-refractivity contribution in [3.8, 4) is 11.3 Å². The average molecular weight is 407 g/mol. The first-order valence-electron chi connectivity index (χ1n) is 9.41. The molecule has 1 amide bonds. The van der Waals surface area contributed by atoms with Crippen LogP contribution in [-0.2, 0) is 11.8 Å². The van der Waals surface area contributed by atoms with Crippen LogP contribution in [0.1, 0.15) is 12.8 Å². The summed E-state index contributed by atoms with van der Waals surface area (Å²) in [6, 6.07) is 9.61. The number of aromatic amines is 1. The van der Waals surface area contributed by atoms with Gasteiger partial charge in [0.15, 0.2) is 0 Å². The van der Waals surface area contributed by atoms with Gasteiger partial charge >= 0.3 is 0 Å². The molecule has 7 nitrogen and oxygen atoms in total. The predicted molar refractivity (Wildman–Crippen MR) is 115 cm³/mol. The SMILES string of the molecule is Cn1cc(-c2cc3cnc(Nc4ccc(N5CCCC5=O)cc4Cl)cc3[nH]2)cn1. The minimum absolute atomic E-state index is 0.144. The topological polar surface area (TPSA) is 78.8 Å². The Kier molecular flexibility index (Phi) is 4.24. The Balaban J connectivity index is 1.40. The molecule has 1 aliphatic heterocycles. The highest BCUT2D eigenvalue weighted by Crippen LogP contribution is 2.32. The summed E-state index contributed by atoms with van der Waals surface area (Å²) < 4.78 is 1.77. The van der Waals surface area contributed by atoms with Crippen LogP contribution in [0.5, 0.6) is 0 Å². The summed E-state index contributed by atoms with van der Waals surface area (Å²) >= 11 is 6.46. The van der Waals surface area contributed by atoms with Gasteiger partial charge in [-0.25, -0.2) is 4.98 Å². The van der Waals surface area contributed by atoms with Crippen LogP contribution in [0.4, 0.5) is 17.2 Å². The third-order valence-electron chi connectivity index (χ3n) is 5.12. The lowest BCUT2D eigenvalue weighted by Crippen LogP contribution is -2.23. The van der Waals surface area contributed by atoms with Gasteiger partial charge in [-0.15, -0.1) is 0 Å². The maximum absolute atomic E-state index is 11.9. The number of fused-ring (bicyclic) bond motifs is 1. The number of rotatable bonds is 4. The number of pyridine rings is 1. The molecule has 1 saturated heterocycles. The summed E-state index contributed by atoms with van der Waals surface area (Å²) in [5.74, 6) is 0.828. The monoisotopic (exact) mass is 406 g/mol. The fourth-order valence-electron chi connectivity index (χ4n) is 3.64. The number of anilines is 3. The first-order valence-corrected chi connectivity index (χ1v) is 9.79. The number of halogens is 1. The number of H-pyrrole nitrogens is 1. The maximum atomic E-state index is 11.9. The van der Waals surface area contributed by atoms with Gasteiger partial charge in [0.1, 0.15) is 5.82 Å². The van der Waals surface area contributed by atoms with E-state index < -0.39 is 0 Å². The number of nitrogens with zero attached hydrogens (tertiary/aromatic N) is 4.